The van der Waals surface area contributed by atoms with Gasteiger partial charge in [0, 0.05) is 12.5 Å². The molecule has 0 saturated heterocycles. The maximum absolute atomic E-state index is 11.9. The van der Waals surface area contributed by atoms with Gasteiger partial charge in [0.1, 0.15) is 4.88 Å². The van der Waals surface area contributed by atoms with E-state index in [1.165, 1.54) is 11.3 Å². The third kappa shape index (κ3) is 2.76. The summed E-state index contributed by atoms with van der Waals surface area (Å²) < 4.78 is 0. The number of aliphatic hydroxyl groups excluding tert-OH is 1. The Morgan fingerprint density at radius 2 is 2.41 bits per heavy atom. The summed E-state index contributed by atoms with van der Waals surface area (Å²) in [7, 11) is 0. The average molecular weight is 255 g/mol. The van der Waals surface area contributed by atoms with E-state index in [0.29, 0.717) is 22.2 Å². The van der Waals surface area contributed by atoms with Crippen molar-refractivity contribution in [3.63, 3.8) is 0 Å². The van der Waals surface area contributed by atoms with Gasteiger partial charge >= 0.3 is 0 Å². The fraction of sp³-hybridized carbons (Fsp3) is 0.636. The number of hydrogen-bond donors (Lipinski definition) is 3. The van der Waals surface area contributed by atoms with E-state index < -0.39 is 0 Å². The van der Waals surface area contributed by atoms with Gasteiger partial charge in [-0.1, -0.05) is 17.8 Å². The second kappa shape index (κ2) is 5.01. The molecule has 2 atom stereocenters. The first-order valence-electron chi connectivity index (χ1n) is 5.77. The zero-order valence-electron chi connectivity index (χ0n) is 9.77. The Labute approximate surface area is 104 Å². The van der Waals surface area contributed by atoms with Crippen molar-refractivity contribution in [3.05, 3.63) is 10.6 Å². The van der Waals surface area contributed by atoms with Crippen LogP contribution >= 0.6 is 11.3 Å². The molecule has 1 aromatic rings. The van der Waals surface area contributed by atoms with E-state index in [1.807, 2.05) is 0 Å². The van der Waals surface area contributed by atoms with Crippen LogP contribution in [0.4, 0.5) is 5.13 Å². The van der Waals surface area contributed by atoms with Crippen LogP contribution in [0.15, 0.2) is 0 Å². The predicted molar refractivity (Wildman–Crippen MR) is 66.9 cm³/mol. The van der Waals surface area contributed by atoms with E-state index >= 15 is 0 Å². The van der Waals surface area contributed by atoms with Crippen molar-refractivity contribution in [2.24, 2.45) is 5.92 Å². The van der Waals surface area contributed by atoms with Crippen molar-refractivity contribution in [1.29, 1.82) is 0 Å². The lowest BCUT2D eigenvalue weighted by molar-refractivity contribution is 0.0920. The van der Waals surface area contributed by atoms with Crippen LogP contribution in [-0.4, -0.2) is 28.6 Å². The number of nitrogen functional groups attached to an aromatic ring is 1. The fourth-order valence-electron chi connectivity index (χ4n) is 2.19. The molecule has 1 aliphatic rings. The lowest BCUT2D eigenvalue weighted by atomic mass is 10.1. The summed E-state index contributed by atoms with van der Waals surface area (Å²) in [6.07, 6.45) is 2.58. The van der Waals surface area contributed by atoms with Crippen molar-refractivity contribution in [1.82, 2.24) is 10.3 Å². The Kier molecular flexibility index (Phi) is 3.63. The largest absolute Gasteiger partial charge is 0.393 e. The molecule has 1 heterocycles. The number of aryl methyl sites for hydroxylation is 1. The number of thiazole rings is 1. The zero-order chi connectivity index (χ0) is 12.4. The minimum Gasteiger partial charge on any atom is -0.393 e. The first-order chi connectivity index (χ1) is 8.08. The highest BCUT2D eigenvalue weighted by molar-refractivity contribution is 7.17. The second-order valence-electron chi connectivity index (χ2n) is 4.43. The number of nitrogens with zero attached hydrogens (tertiary/aromatic N) is 1. The molecule has 0 aliphatic heterocycles. The van der Waals surface area contributed by atoms with Crippen LogP contribution in [0.1, 0.15) is 34.6 Å². The number of rotatable bonds is 3. The van der Waals surface area contributed by atoms with Gasteiger partial charge in [-0.25, -0.2) is 4.98 Å². The molecule has 0 aromatic carbocycles. The first kappa shape index (κ1) is 12.3. The quantitative estimate of drug-likeness (QED) is 0.749. The summed E-state index contributed by atoms with van der Waals surface area (Å²) in [5, 5.41) is 12.9. The maximum Gasteiger partial charge on any atom is 0.263 e. The molecule has 1 saturated carbocycles. The normalized spacial score (nSPS) is 23.9. The summed E-state index contributed by atoms with van der Waals surface area (Å²) in [4.78, 5) is 16.4. The van der Waals surface area contributed by atoms with Crippen LogP contribution in [0, 0.1) is 12.8 Å². The molecule has 0 spiro atoms. The Hall–Kier alpha value is -1.14. The van der Waals surface area contributed by atoms with E-state index in [2.05, 4.69) is 10.3 Å². The summed E-state index contributed by atoms with van der Waals surface area (Å²) >= 11 is 1.20. The van der Waals surface area contributed by atoms with Crippen molar-refractivity contribution >= 4 is 22.4 Å². The molecule has 6 heteroatoms. The molecular formula is C11H17N3O2S. The highest BCUT2D eigenvalue weighted by Crippen LogP contribution is 2.25. The highest BCUT2D eigenvalue weighted by Gasteiger charge is 2.26. The van der Waals surface area contributed by atoms with Gasteiger partial charge in [0.05, 0.1) is 11.8 Å². The van der Waals surface area contributed by atoms with Gasteiger partial charge in [0.15, 0.2) is 5.13 Å². The van der Waals surface area contributed by atoms with Crippen molar-refractivity contribution in [3.8, 4) is 0 Å². The number of nitrogens with one attached hydrogen (secondary N) is 1. The van der Waals surface area contributed by atoms with Crippen LogP contribution in [0.3, 0.4) is 0 Å². The Morgan fingerprint density at radius 3 is 2.94 bits per heavy atom. The van der Waals surface area contributed by atoms with E-state index in [4.69, 9.17) is 5.73 Å². The number of aromatic nitrogens is 1. The number of carbonyl (C=O) groups is 1. The molecule has 0 radical (unpaired) electrons. The molecule has 2 unspecified atom stereocenters. The summed E-state index contributed by atoms with van der Waals surface area (Å²) in [6, 6.07) is 0. The predicted octanol–water partition coefficient (Wildman–Crippen LogP) is 0.925. The fourth-order valence-corrected chi connectivity index (χ4v) is 2.94. The number of amides is 1. The molecule has 1 fully saturated rings. The third-order valence-corrected chi connectivity index (χ3v) is 4.15. The molecule has 94 valence electrons. The second-order valence-corrected chi connectivity index (χ2v) is 5.47. The van der Waals surface area contributed by atoms with Gasteiger partial charge in [-0.15, -0.1) is 0 Å². The van der Waals surface area contributed by atoms with Gasteiger partial charge in [0.25, 0.3) is 5.91 Å². The summed E-state index contributed by atoms with van der Waals surface area (Å²) in [5.41, 5.74) is 6.21. The minimum atomic E-state index is -0.275. The van der Waals surface area contributed by atoms with E-state index in [0.717, 1.165) is 19.3 Å². The Bertz CT molecular complexity index is 419. The third-order valence-electron chi connectivity index (χ3n) is 3.16. The molecule has 17 heavy (non-hydrogen) atoms. The van der Waals surface area contributed by atoms with Gasteiger partial charge in [-0.05, 0) is 19.8 Å². The summed E-state index contributed by atoms with van der Waals surface area (Å²) in [6.45, 7) is 2.30. The number of nitrogens with two attached hydrogens (primary N) is 1. The zero-order valence-corrected chi connectivity index (χ0v) is 10.6. The van der Waals surface area contributed by atoms with E-state index in [-0.39, 0.29) is 17.9 Å². The SMILES string of the molecule is Cc1nc(N)sc1C(=O)NCC1CCCC1O. The van der Waals surface area contributed by atoms with Crippen molar-refractivity contribution < 1.29 is 9.90 Å². The lowest BCUT2D eigenvalue weighted by Crippen LogP contribution is -2.32. The van der Waals surface area contributed by atoms with Crippen LogP contribution < -0.4 is 11.1 Å². The van der Waals surface area contributed by atoms with E-state index in [1.54, 1.807) is 6.92 Å². The lowest BCUT2D eigenvalue weighted by Gasteiger charge is -2.14. The van der Waals surface area contributed by atoms with Gasteiger partial charge in [-0.2, -0.15) is 0 Å². The van der Waals surface area contributed by atoms with Gasteiger partial charge < -0.3 is 16.2 Å². The molecule has 1 aromatic heterocycles. The standard InChI is InChI=1S/C11H17N3O2S/c1-6-9(17-11(12)14-6)10(16)13-5-7-3-2-4-8(7)15/h7-8,15H,2-5H2,1H3,(H2,12,14)(H,13,16). The van der Waals surface area contributed by atoms with Crippen LogP contribution in [0.2, 0.25) is 0 Å². The molecule has 2 rings (SSSR count). The number of carbonyl (C=O) groups excluding carboxylic acids is 1. The molecule has 5 nitrogen and oxygen atoms in total. The number of anilines is 1. The van der Waals surface area contributed by atoms with Crippen molar-refractivity contribution in [2.45, 2.75) is 32.3 Å². The average Bonchev–Trinajstić information content (AvgIpc) is 2.81. The number of aliphatic hydroxyl groups is 1. The van der Waals surface area contributed by atoms with Crippen molar-refractivity contribution in [2.75, 3.05) is 12.3 Å². The monoisotopic (exact) mass is 255 g/mol. The van der Waals surface area contributed by atoms with Gasteiger partial charge in [-0.3, -0.25) is 4.79 Å². The topological polar surface area (TPSA) is 88.2 Å². The van der Waals surface area contributed by atoms with Crippen LogP contribution in [0.25, 0.3) is 0 Å². The van der Waals surface area contributed by atoms with E-state index in [9.17, 15) is 9.90 Å². The molecule has 1 amide bonds. The summed E-state index contributed by atoms with van der Waals surface area (Å²) in [5.74, 6) is 0.0420. The molecule has 0 bridgehead atoms. The van der Waals surface area contributed by atoms with Gasteiger partial charge in [0.2, 0.25) is 0 Å². The minimum absolute atomic E-state index is 0.143. The Morgan fingerprint density at radius 1 is 1.65 bits per heavy atom. The Balaban J connectivity index is 1.91. The highest BCUT2D eigenvalue weighted by atomic mass is 32.1. The van der Waals surface area contributed by atoms with Crippen LogP contribution in [-0.2, 0) is 0 Å². The maximum atomic E-state index is 11.9. The van der Waals surface area contributed by atoms with Crippen LogP contribution in [0.5, 0.6) is 0 Å². The molecule has 1 aliphatic carbocycles. The number of hydrogen-bond acceptors (Lipinski definition) is 5. The first-order valence-corrected chi connectivity index (χ1v) is 6.58. The smallest absolute Gasteiger partial charge is 0.263 e. The molecule has 4 N–H and O–H groups in total. The molecular weight excluding hydrogens is 238 g/mol.